The molecule has 0 bridgehead atoms. The molecule has 1 amide bonds. The van der Waals surface area contributed by atoms with Crippen LogP contribution in [0.3, 0.4) is 0 Å². The van der Waals surface area contributed by atoms with Crippen molar-refractivity contribution >= 4 is 5.91 Å². The number of carbonyl (C=O) groups is 1. The molecule has 26 heavy (non-hydrogen) atoms. The zero-order valence-electron chi connectivity index (χ0n) is 16.4. The molecule has 140 valence electrons. The van der Waals surface area contributed by atoms with Crippen LogP contribution < -0.4 is 0 Å². The zero-order valence-corrected chi connectivity index (χ0v) is 16.4. The number of hydrogen-bond donors (Lipinski definition) is 0. The lowest BCUT2D eigenvalue weighted by atomic mass is 9.93. The van der Waals surface area contributed by atoms with Crippen LogP contribution in [0.25, 0.3) is 0 Å². The van der Waals surface area contributed by atoms with Gasteiger partial charge >= 0.3 is 0 Å². The highest BCUT2D eigenvalue weighted by molar-refractivity contribution is 5.95. The first-order chi connectivity index (χ1) is 12.5. The normalized spacial score (nSPS) is 17.7. The number of rotatable bonds is 5. The molecule has 0 radical (unpaired) electrons. The van der Waals surface area contributed by atoms with Gasteiger partial charge < -0.3 is 9.80 Å². The average molecular weight is 354 g/mol. The van der Waals surface area contributed by atoms with E-state index in [1.807, 2.05) is 24.7 Å². The predicted molar refractivity (Wildman–Crippen MR) is 104 cm³/mol. The van der Waals surface area contributed by atoms with Gasteiger partial charge in [-0.1, -0.05) is 24.3 Å². The van der Waals surface area contributed by atoms with E-state index in [2.05, 4.69) is 53.3 Å². The lowest BCUT2D eigenvalue weighted by Gasteiger charge is -2.36. The zero-order chi connectivity index (χ0) is 18.7. The van der Waals surface area contributed by atoms with Crippen LogP contribution in [0.5, 0.6) is 0 Å². The summed E-state index contributed by atoms with van der Waals surface area (Å²) >= 11 is 0. The van der Waals surface area contributed by atoms with E-state index < -0.39 is 0 Å². The van der Waals surface area contributed by atoms with Crippen molar-refractivity contribution in [1.82, 2.24) is 19.6 Å². The minimum absolute atomic E-state index is 0.115. The molecule has 2 aromatic rings. The summed E-state index contributed by atoms with van der Waals surface area (Å²) in [5, 5.41) is 4.45. The van der Waals surface area contributed by atoms with Crippen molar-refractivity contribution in [3.63, 3.8) is 0 Å². The minimum Gasteiger partial charge on any atom is -0.332 e. The third kappa shape index (κ3) is 3.98. The minimum atomic E-state index is 0.115. The number of carbonyl (C=O) groups excluding carboxylic acids is 1. The molecule has 0 saturated carbocycles. The lowest BCUT2D eigenvalue weighted by Crippen LogP contribution is -2.38. The Bertz CT molecular complexity index is 748. The van der Waals surface area contributed by atoms with E-state index in [0.717, 1.165) is 43.7 Å². The van der Waals surface area contributed by atoms with Crippen molar-refractivity contribution in [2.45, 2.75) is 52.2 Å². The van der Waals surface area contributed by atoms with E-state index in [1.165, 1.54) is 17.5 Å². The van der Waals surface area contributed by atoms with Gasteiger partial charge in [-0.25, -0.2) is 0 Å². The number of amides is 1. The Morgan fingerprint density at radius 2 is 1.96 bits per heavy atom. The third-order valence-electron chi connectivity index (χ3n) is 5.13. The largest absolute Gasteiger partial charge is 0.332 e. The molecule has 0 aliphatic carbocycles. The molecule has 0 N–H and O–H groups in total. The van der Waals surface area contributed by atoms with Crippen molar-refractivity contribution in [2.75, 3.05) is 20.6 Å². The maximum atomic E-state index is 13.2. The molecule has 1 aromatic heterocycles. The van der Waals surface area contributed by atoms with E-state index >= 15 is 0 Å². The third-order valence-corrected chi connectivity index (χ3v) is 5.13. The summed E-state index contributed by atoms with van der Waals surface area (Å²) in [5.74, 6) is 0.115. The first kappa shape index (κ1) is 18.6. The molecule has 3 rings (SSSR count). The summed E-state index contributed by atoms with van der Waals surface area (Å²) in [6.07, 6.45) is 5.16. The number of hydrogen-bond acceptors (Lipinski definition) is 3. The molecule has 1 saturated heterocycles. The molecule has 1 fully saturated rings. The van der Waals surface area contributed by atoms with Gasteiger partial charge in [-0.3, -0.25) is 9.48 Å². The van der Waals surface area contributed by atoms with Crippen LogP contribution in [0.2, 0.25) is 0 Å². The van der Waals surface area contributed by atoms with E-state index in [-0.39, 0.29) is 11.9 Å². The summed E-state index contributed by atoms with van der Waals surface area (Å²) in [6.45, 7) is 6.50. The fourth-order valence-electron chi connectivity index (χ4n) is 3.78. The first-order valence-corrected chi connectivity index (χ1v) is 9.58. The smallest absolute Gasteiger partial charge is 0.257 e. The Labute approximate surface area is 156 Å². The van der Waals surface area contributed by atoms with Gasteiger partial charge in [0.2, 0.25) is 0 Å². The molecular formula is C21H30N4O. The van der Waals surface area contributed by atoms with Crippen molar-refractivity contribution in [1.29, 1.82) is 0 Å². The van der Waals surface area contributed by atoms with Crippen LogP contribution in [0.15, 0.2) is 30.5 Å². The van der Waals surface area contributed by atoms with Gasteiger partial charge in [0.25, 0.3) is 5.91 Å². The molecule has 5 heteroatoms. The molecule has 0 spiro atoms. The summed E-state index contributed by atoms with van der Waals surface area (Å²) in [5.41, 5.74) is 4.10. The van der Waals surface area contributed by atoms with Crippen LogP contribution in [0.1, 0.15) is 59.4 Å². The SMILES string of the molecule is CCn1cc(C(=O)N2CCCCC2c2ccc(CN(C)C)cc2)c(C)n1. The lowest BCUT2D eigenvalue weighted by molar-refractivity contribution is 0.0610. The second-order valence-electron chi connectivity index (χ2n) is 7.47. The van der Waals surface area contributed by atoms with Gasteiger partial charge in [-0.05, 0) is 58.3 Å². The summed E-state index contributed by atoms with van der Waals surface area (Å²) in [6, 6.07) is 8.92. The van der Waals surface area contributed by atoms with Crippen LogP contribution in [-0.4, -0.2) is 46.1 Å². The molecule has 1 atom stereocenters. The molecular weight excluding hydrogens is 324 g/mol. The van der Waals surface area contributed by atoms with E-state index in [0.29, 0.717) is 0 Å². The Morgan fingerprint density at radius 3 is 2.58 bits per heavy atom. The Morgan fingerprint density at radius 1 is 1.23 bits per heavy atom. The number of likely N-dealkylation sites (tertiary alicyclic amines) is 1. The number of benzene rings is 1. The van der Waals surface area contributed by atoms with E-state index in [9.17, 15) is 4.79 Å². The summed E-state index contributed by atoms with van der Waals surface area (Å²) < 4.78 is 1.84. The number of piperidine rings is 1. The standard InChI is InChI=1S/C21H30N4O/c1-5-24-15-19(16(2)22-24)21(26)25-13-7-6-8-20(25)18-11-9-17(10-12-18)14-23(3)4/h9-12,15,20H,5-8,13-14H2,1-4H3. The highest BCUT2D eigenvalue weighted by Gasteiger charge is 2.30. The average Bonchev–Trinajstić information content (AvgIpc) is 3.02. The maximum absolute atomic E-state index is 13.2. The topological polar surface area (TPSA) is 41.4 Å². The monoisotopic (exact) mass is 354 g/mol. The highest BCUT2D eigenvalue weighted by atomic mass is 16.2. The van der Waals surface area contributed by atoms with Crippen LogP contribution in [0.4, 0.5) is 0 Å². The predicted octanol–water partition coefficient (Wildman–Crippen LogP) is 3.64. The van der Waals surface area contributed by atoms with Crippen LogP contribution in [-0.2, 0) is 13.1 Å². The summed E-state index contributed by atoms with van der Waals surface area (Å²) in [7, 11) is 4.16. The highest BCUT2D eigenvalue weighted by Crippen LogP contribution is 2.32. The number of nitrogens with zero attached hydrogens (tertiary/aromatic N) is 4. The van der Waals surface area contributed by atoms with E-state index in [1.54, 1.807) is 0 Å². The van der Waals surface area contributed by atoms with Crippen LogP contribution in [0, 0.1) is 6.92 Å². The number of aryl methyl sites for hydroxylation is 2. The van der Waals surface area contributed by atoms with Crippen molar-refractivity contribution in [3.05, 3.63) is 52.8 Å². The van der Waals surface area contributed by atoms with Crippen molar-refractivity contribution < 1.29 is 4.79 Å². The van der Waals surface area contributed by atoms with E-state index in [4.69, 9.17) is 0 Å². The second-order valence-corrected chi connectivity index (χ2v) is 7.47. The van der Waals surface area contributed by atoms with Gasteiger partial charge in [0.05, 0.1) is 17.3 Å². The molecule has 1 aliphatic rings. The quantitative estimate of drug-likeness (QED) is 0.823. The van der Waals surface area contributed by atoms with Gasteiger partial charge in [0, 0.05) is 25.8 Å². The van der Waals surface area contributed by atoms with Gasteiger partial charge in [0.1, 0.15) is 0 Å². The van der Waals surface area contributed by atoms with Crippen molar-refractivity contribution in [3.8, 4) is 0 Å². The Balaban J connectivity index is 1.83. The molecule has 1 unspecified atom stereocenters. The Kier molecular flexibility index (Phi) is 5.77. The van der Waals surface area contributed by atoms with Crippen molar-refractivity contribution in [2.24, 2.45) is 0 Å². The molecule has 1 aliphatic heterocycles. The summed E-state index contributed by atoms with van der Waals surface area (Å²) in [4.78, 5) is 17.4. The van der Waals surface area contributed by atoms with Gasteiger partial charge in [-0.15, -0.1) is 0 Å². The van der Waals surface area contributed by atoms with Crippen LogP contribution >= 0.6 is 0 Å². The Hall–Kier alpha value is -2.14. The van der Waals surface area contributed by atoms with Gasteiger partial charge in [0.15, 0.2) is 0 Å². The maximum Gasteiger partial charge on any atom is 0.257 e. The first-order valence-electron chi connectivity index (χ1n) is 9.58. The molecule has 1 aromatic carbocycles. The second kappa shape index (κ2) is 8.04. The number of aromatic nitrogens is 2. The fraction of sp³-hybridized carbons (Fsp3) is 0.524. The fourth-order valence-corrected chi connectivity index (χ4v) is 3.78. The van der Waals surface area contributed by atoms with Gasteiger partial charge in [-0.2, -0.15) is 5.10 Å². The molecule has 2 heterocycles. The molecule has 5 nitrogen and oxygen atoms in total.